The SMILES string of the molecule is COCCNC(=S)NC1CSC1(C)C. The van der Waals surface area contributed by atoms with Crippen LogP contribution in [-0.2, 0) is 4.74 Å². The van der Waals surface area contributed by atoms with Crippen LogP contribution in [0.3, 0.4) is 0 Å². The van der Waals surface area contributed by atoms with Gasteiger partial charge in [0.25, 0.3) is 0 Å². The second kappa shape index (κ2) is 5.19. The van der Waals surface area contributed by atoms with E-state index >= 15 is 0 Å². The molecule has 3 nitrogen and oxygen atoms in total. The van der Waals surface area contributed by atoms with Gasteiger partial charge in [0.15, 0.2) is 5.11 Å². The summed E-state index contributed by atoms with van der Waals surface area (Å²) < 4.78 is 5.24. The summed E-state index contributed by atoms with van der Waals surface area (Å²) in [5.74, 6) is 1.14. The van der Waals surface area contributed by atoms with Crippen molar-refractivity contribution >= 4 is 29.1 Å². The van der Waals surface area contributed by atoms with Crippen LogP contribution in [0.1, 0.15) is 13.8 Å². The van der Waals surface area contributed by atoms with Crippen molar-refractivity contribution in [1.82, 2.24) is 10.6 Å². The van der Waals surface area contributed by atoms with E-state index in [1.165, 1.54) is 0 Å². The maximum atomic E-state index is 5.16. The summed E-state index contributed by atoms with van der Waals surface area (Å²) in [6, 6.07) is 0.495. The molecule has 82 valence electrons. The molecule has 5 heteroatoms. The number of nitrogens with one attached hydrogen (secondary N) is 2. The maximum Gasteiger partial charge on any atom is 0.166 e. The first-order valence-corrected chi connectivity index (χ1v) is 6.13. The zero-order valence-corrected chi connectivity index (χ0v) is 10.6. The molecule has 1 atom stereocenters. The van der Waals surface area contributed by atoms with Crippen LogP contribution in [0.25, 0.3) is 0 Å². The van der Waals surface area contributed by atoms with Gasteiger partial charge in [0.2, 0.25) is 0 Å². The first-order valence-electron chi connectivity index (χ1n) is 4.73. The minimum absolute atomic E-state index is 0.312. The average molecular weight is 234 g/mol. The van der Waals surface area contributed by atoms with Gasteiger partial charge in [0.05, 0.1) is 12.6 Å². The molecule has 0 aromatic carbocycles. The van der Waals surface area contributed by atoms with E-state index in [1.54, 1.807) is 7.11 Å². The van der Waals surface area contributed by atoms with Crippen molar-refractivity contribution in [3.05, 3.63) is 0 Å². The molecular formula is C9H18N2OS2. The third-order valence-corrected chi connectivity index (χ3v) is 4.15. The van der Waals surface area contributed by atoms with Crippen molar-refractivity contribution in [3.63, 3.8) is 0 Å². The number of thioether (sulfide) groups is 1. The van der Waals surface area contributed by atoms with Crippen LogP contribution in [0.15, 0.2) is 0 Å². The number of methoxy groups -OCH3 is 1. The van der Waals surface area contributed by atoms with Gasteiger partial charge in [0.1, 0.15) is 0 Å². The van der Waals surface area contributed by atoms with Crippen molar-refractivity contribution in [2.45, 2.75) is 24.6 Å². The maximum absolute atomic E-state index is 5.16. The lowest BCUT2D eigenvalue weighted by molar-refractivity contribution is 0.203. The van der Waals surface area contributed by atoms with Crippen molar-refractivity contribution in [1.29, 1.82) is 0 Å². The van der Waals surface area contributed by atoms with Crippen molar-refractivity contribution in [2.75, 3.05) is 26.0 Å². The Morgan fingerprint density at radius 3 is 2.79 bits per heavy atom. The third kappa shape index (κ3) is 3.29. The highest BCUT2D eigenvalue weighted by Gasteiger charge is 2.39. The van der Waals surface area contributed by atoms with Crippen LogP contribution in [0, 0.1) is 0 Å². The number of rotatable bonds is 4. The van der Waals surface area contributed by atoms with Crippen molar-refractivity contribution in [3.8, 4) is 0 Å². The van der Waals surface area contributed by atoms with Gasteiger partial charge in [-0.1, -0.05) is 0 Å². The number of thiocarbonyl (C=S) groups is 1. The second-order valence-corrected chi connectivity index (χ2v) is 5.94. The van der Waals surface area contributed by atoms with Crippen LogP contribution in [-0.4, -0.2) is 41.9 Å². The molecule has 0 radical (unpaired) electrons. The van der Waals surface area contributed by atoms with E-state index in [9.17, 15) is 0 Å². The van der Waals surface area contributed by atoms with Crippen LogP contribution in [0.2, 0.25) is 0 Å². The fourth-order valence-corrected chi connectivity index (χ4v) is 2.58. The summed E-state index contributed by atoms with van der Waals surface area (Å²) in [6.07, 6.45) is 0. The third-order valence-electron chi connectivity index (χ3n) is 2.36. The van der Waals surface area contributed by atoms with E-state index in [0.29, 0.717) is 17.4 Å². The monoisotopic (exact) mass is 234 g/mol. The zero-order valence-electron chi connectivity index (χ0n) is 8.92. The predicted octanol–water partition coefficient (Wildman–Crippen LogP) is 0.991. The number of ether oxygens (including phenoxy) is 1. The number of hydrogen-bond donors (Lipinski definition) is 2. The van der Waals surface area contributed by atoms with Crippen LogP contribution in [0.5, 0.6) is 0 Å². The summed E-state index contributed by atoms with van der Waals surface area (Å²) in [7, 11) is 1.68. The molecule has 2 N–H and O–H groups in total. The highest BCUT2D eigenvalue weighted by molar-refractivity contribution is 8.02. The topological polar surface area (TPSA) is 33.3 Å². The van der Waals surface area contributed by atoms with E-state index in [2.05, 4.69) is 24.5 Å². The molecule has 0 aromatic heterocycles. The molecule has 1 rings (SSSR count). The molecule has 0 saturated carbocycles. The number of hydrogen-bond acceptors (Lipinski definition) is 3. The van der Waals surface area contributed by atoms with Crippen LogP contribution in [0.4, 0.5) is 0 Å². The van der Waals surface area contributed by atoms with E-state index in [1.807, 2.05) is 11.8 Å². The molecule has 1 saturated heterocycles. The van der Waals surface area contributed by atoms with Gasteiger partial charge >= 0.3 is 0 Å². The van der Waals surface area contributed by atoms with E-state index in [4.69, 9.17) is 17.0 Å². The second-order valence-electron chi connectivity index (χ2n) is 3.86. The molecule has 1 aliphatic heterocycles. The zero-order chi connectivity index (χ0) is 10.6. The molecule has 1 fully saturated rings. The van der Waals surface area contributed by atoms with Gasteiger partial charge in [-0.3, -0.25) is 0 Å². The molecule has 0 spiro atoms. The Bertz CT molecular complexity index is 209. The highest BCUT2D eigenvalue weighted by Crippen LogP contribution is 2.39. The largest absolute Gasteiger partial charge is 0.383 e. The van der Waals surface area contributed by atoms with Gasteiger partial charge in [-0.15, -0.1) is 0 Å². The Morgan fingerprint density at radius 2 is 2.36 bits per heavy atom. The first kappa shape index (κ1) is 12.1. The van der Waals surface area contributed by atoms with Gasteiger partial charge in [-0.25, -0.2) is 0 Å². The Labute approximate surface area is 95.3 Å². The summed E-state index contributed by atoms with van der Waals surface area (Å²) in [6.45, 7) is 5.92. The molecule has 0 bridgehead atoms. The summed E-state index contributed by atoms with van der Waals surface area (Å²) in [5, 5.41) is 7.15. The van der Waals surface area contributed by atoms with Crippen LogP contribution >= 0.6 is 24.0 Å². The fraction of sp³-hybridized carbons (Fsp3) is 0.889. The minimum atomic E-state index is 0.312. The molecule has 1 aliphatic rings. The molecule has 14 heavy (non-hydrogen) atoms. The summed E-state index contributed by atoms with van der Waals surface area (Å²) in [5.41, 5.74) is 0. The van der Waals surface area contributed by atoms with Crippen LogP contribution < -0.4 is 10.6 Å². The average Bonchev–Trinajstić information content (AvgIpc) is 2.13. The Kier molecular flexibility index (Phi) is 4.47. The van der Waals surface area contributed by atoms with Crippen molar-refractivity contribution in [2.24, 2.45) is 0 Å². The van der Waals surface area contributed by atoms with Gasteiger partial charge in [-0.2, -0.15) is 11.8 Å². The lowest BCUT2D eigenvalue weighted by atomic mass is 10.0. The van der Waals surface area contributed by atoms with E-state index < -0.39 is 0 Å². The summed E-state index contributed by atoms with van der Waals surface area (Å²) in [4.78, 5) is 0. The fourth-order valence-electron chi connectivity index (χ4n) is 1.19. The van der Waals surface area contributed by atoms with Gasteiger partial charge in [0, 0.05) is 24.2 Å². The molecule has 1 heterocycles. The smallest absolute Gasteiger partial charge is 0.166 e. The Hall–Kier alpha value is 0. The Morgan fingerprint density at radius 1 is 1.64 bits per heavy atom. The molecule has 0 aliphatic carbocycles. The Balaban J connectivity index is 2.14. The lowest BCUT2D eigenvalue weighted by Gasteiger charge is -2.44. The molecule has 1 unspecified atom stereocenters. The minimum Gasteiger partial charge on any atom is -0.383 e. The van der Waals surface area contributed by atoms with Gasteiger partial charge in [-0.05, 0) is 26.1 Å². The summed E-state index contributed by atoms with van der Waals surface area (Å²) >= 11 is 7.13. The first-order chi connectivity index (χ1) is 6.56. The van der Waals surface area contributed by atoms with E-state index in [0.717, 1.165) is 17.4 Å². The van der Waals surface area contributed by atoms with Gasteiger partial charge < -0.3 is 15.4 Å². The highest BCUT2D eigenvalue weighted by atomic mass is 32.2. The lowest BCUT2D eigenvalue weighted by Crippen LogP contribution is -2.58. The molecular weight excluding hydrogens is 216 g/mol. The normalized spacial score (nSPS) is 23.8. The standard InChI is InChI=1S/C9H18N2OS2/c1-9(2)7(6-14-9)11-8(13)10-4-5-12-3/h7H,4-6H2,1-3H3,(H2,10,11,13). The molecule has 0 aromatic rings. The molecule has 0 amide bonds. The predicted molar refractivity (Wildman–Crippen MR) is 65.9 cm³/mol. The van der Waals surface area contributed by atoms with E-state index in [-0.39, 0.29) is 0 Å². The quantitative estimate of drug-likeness (QED) is 0.560. The van der Waals surface area contributed by atoms with Crippen molar-refractivity contribution < 1.29 is 4.74 Å².